The average molecular weight is 373 g/mol. The lowest BCUT2D eigenvalue weighted by molar-refractivity contribution is 0.0434. The summed E-state index contributed by atoms with van der Waals surface area (Å²) in [5, 5.41) is 10.3. The predicted molar refractivity (Wildman–Crippen MR) is 107 cm³/mol. The molecule has 0 bridgehead atoms. The summed E-state index contributed by atoms with van der Waals surface area (Å²) in [6.45, 7) is 12.3. The van der Waals surface area contributed by atoms with E-state index >= 15 is 0 Å². The molecule has 2 aromatic rings. The molecule has 1 unspecified atom stereocenters. The summed E-state index contributed by atoms with van der Waals surface area (Å²) < 4.78 is 11.2. The highest BCUT2D eigenvalue weighted by Gasteiger charge is 2.20. The van der Waals surface area contributed by atoms with Crippen LogP contribution in [0, 0.1) is 0 Å². The number of aliphatic hydroxyl groups excluding tert-OH is 1. The summed E-state index contributed by atoms with van der Waals surface area (Å²) in [6, 6.07) is 12.1. The summed E-state index contributed by atoms with van der Waals surface area (Å²) in [6.07, 6.45) is 1.24. The fourth-order valence-corrected chi connectivity index (χ4v) is 3.35. The Morgan fingerprint density at radius 3 is 2.30 bits per heavy atom. The Kier molecular flexibility index (Phi) is 6.58. The number of hydrogen-bond donors (Lipinski definition) is 1. The van der Waals surface area contributed by atoms with Gasteiger partial charge in [-0.05, 0) is 35.2 Å². The first-order valence-corrected chi connectivity index (χ1v) is 9.78. The van der Waals surface area contributed by atoms with Crippen LogP contribution in [0.25, 0.3) is 0 Å². The molecule has 1 atom stereocenters. The Morgan fingerprint density at radius 1 is 1.04 bits per heavy atom. The lowest BCUT2D eigenvalue weighted by Crippen LogP contribution is -2.48. The molecule has 1 aromatic carbocycles. The third-order valence-electron chi connectivity index (χ3n) is 5.06. The molecule has 1 saturated heterocycles. The molecule has 0 aliphatic carbocycles. The van der Waals surface area contributed by atoms with E-state index in [1.807, 2.05) is 24.3 Å². The number of rotatable bonds is 7. The average Bonchev–Trinajstić information content (AvgIpc) is 3.14. The zero-order chi connectivity index (χ0) is 19.3. The van der Waals surface area contributed by atoms with E-state index in [2.05, 4.69) is 42.7 Å². The summed E-state index contributed by atoms with van der Waals surface area (Å²) in [4.78, 5) is 4.68. The van der Waals surface area contributed by atoms with Crippen LogP contribution in [0.15, 0.2) is 47.1 Å². The molecular formula is C22H32N2O3. The van der Waals surface area contributed by atoms with Gasteiger partial charge in [-0.15, -0.1) is 0 Å². The van der Waals surface area contributed by atoms with Crippen LogP contribution in [0.4, 0.5) is 0 Å². The highest BCUT2D eigenvalue weighted by molar-refractivity contribution is 5.31. The fraction of sp³-hybridized carbons (Fsp3) is 0.545. The SMILES string of the molecule is CC(C)(C)c1ccc(OCC(O)CN2CCN(Cc3ccco3)CC2)cc1. The first-order chi connectivity index (χ1) is 12.9. The standard InChI is InChI=1S/C22H32N2O3/c1-22(2,3)18-6-8-20(9-7-18)27-17-19(25)15-23-10-12-24(13-11-23)16-21-5-4-14-26-21/h4-9,14,19,25H,10-13,15-17H2,1-3H3. The summed E-state index contributed by atoms with van der Waals surface area (Å²) in [5.41, 5.74) is 1.42. The van der Waals surface area contributed by atoms with E-state index in [1.165, 1.54) is 5.56 Å². The maximum atomic E-state index is 10.3. The van der Waals surface area contributed by atoms with Crippen LogP contribution in [0.5, 0.6) is 5.75 Å². The molecule has 0 saturated carbocycles. The number of furan rings is 1. The van der Waals surface area contributed by atoms with Crippen molar-refractivity contribution >= 4 is 0 Å². The van der Waals surface area contributed by atoms with E-state index in [9.17, 15) is 5.11 Å². The van der Waals surface area contributed by atoms with E-state index < -0.39 is 6.10 Å². The second-order valence-electron chi connectivity index (χ2n) is 8.40. The molecule has 0 spiro atoms. The third kappa shape index (κ3) is 6.09. The Balaban J connectivity index is 1.36. The van der Waals surface area contributed by atoms with Gasteiger partial charge in [-0.25, -0.2) is 0 Å². The largest absolute Gasteiger partial charge is 0.491 e. The van der Waals surface area contributed by atoms with Crippen molar-refractivity contribution in [1.29, 1.82) is 0 Å². The highest BCUT2D eigenvalue weighted by atomic mass is 16.5. The number of nitrogens with zero attached hydrogens (tertiary/aromatic N) is 2. The molecule has 5 nitrogen and oxygen atoms in total. The minimum atomic E-state index is -0.482. The molecule has 1 N–H and O–H groups in total. The lowest BCUT2D eigenvalue weighted by Gasteiger charge is -2.35. The number of piperazine rings is 1. The third-order valence-corrected chi connectivity index (χ3v) is 5.06. The van der Waals surface area contributed by atoms with E-state index in [0.717, 1.165) is 44.2 Å². The van der Waals surface area contributed by atoms with Crippen molar-refractivity contribution < 1.29 is 14.3 Å². The summed E-state index contributed by atoms with van der Waals surface area (Å²) >= 11 is 0. The van der Waals surface area contributed by atoms with Gasteiger partial charge in [-0.1, -0.05) is 32.9 Å². The fourth-order valence-electron chi connectivity index (χ4n) is 3.35. The van der Waals surface area contributed by atoms with Gasteiger partial charge in [-0.3, -0.25) is 9.80 Å². The van der Waals surface area contributed by atoms with Crippen molar-refractivity contribution in [3.05, 3.63) is 54.0 Å². The second kappa shape index (κ2) is 8.91. The van der Waals surface area contributed by atoms with Crippen molar-refractivity contribution in [2.45, 2.75) is 38.8 Å². The first-order valence-electron chi connectivity index (χ1n) is 9.78. The Morgan fingerprint density at radius 2 is 1.70 bits per heavy atom. The van der Waals surface area contributed by atoms with Gasteiger partial charge < -0.3 is 14.3 Å². The minimum absolute atomic E-state index is 0.136. The molecule has 148 valence electrons. The quantitative estimate of drug-likeness (QED) is 0.809. The number of β-amino-alcohol motifs (C(OH)–C–C–N with tert-alkyl or cyclic N) is 1. The van der Waals surface area contributed by atoms with Crippen molar-refractivity contribution in [1.82, 2.24) is 9.80 Å². The number of benzene rings is 1. The minimum Gasteiger partial charge on any atom is -0.491 e. The number of ether oxygens (including phenoxy) is 1. The number of hydrogen-bond acceptors (Lipinski definition) is 5. The van der Waals surface area contributed by atoms with Gasteiger partial charge in [0.1, 0.15) is 24.2 Å². The topological polar surface area (TPSA) is 49.1 Å². The molecule has 1 aliphatic rings. The van der Waals surface area contributed by atoms with Crippen molar-refractivity contribution in [3.8, 4) is 5.75 Å². The zero-order valence-electron chi connectivity index (χ0n) is 16.7. The molecule has 3 rings (SSSR count). The smallest absolute Gasteiger partial charge is 0.119 e. The highest BCUT2D eigenvalue weighted by Crippen LogP contribution is 2.24. The summed E-state index contributed by atoms with van der Waals surface area (Å²) in [7, 11) is 0. The maximum absolute atomic E-state index is 10.3. The predicted octanol–water partition coefficient (Wildman–Crippen LogP) is 3.13. The van der Waals surface area contributed by atoms with Crippen LogP contribution in [-0.2, 0) is 12.0 Å². The Labute approximate surface area is 162 Å². The monoisotopic (exact) mass is 372 g/mol. The zero-order valence-corrected chi connectivity index (χ0v) is 16.7. The van der Waals surface area contributed by atoms with Gasteiger partial charge in [0.25, 0.3) is 0 Å². The van der Waals surface area contributed by atoms with Crippen LogP contribution < -0.4 is 4.74 Å². The van der Waals surface area contributed by atoms with Crippen molar-refractivity contribution in [2.24, 2.45) is 0 Å². The van der Waals surface area contributed by atoms with Gasteiger partial charge in [0, 0.05) is 32.7 Å². The molecule has 2 heterocycles. The van der Waals surface area contributed by atoms with Gasteiger partial charge >= 0.3 is 0 Å². The van der Waals surface area contributed by atoms with Crippen LogP contribution in [0.2, 0.25) is 0 Å². The van der Waals surface area contributed by atoms with Crippen LogP contribution in [0.3, 0.4) is 0 Å². The van der Waals surface area contributed by atoms with Crippen LogP contribution in [-0.4, -0.2) is 60.3 Å². The van der Waals surface area contributed by atoms with E-state index in [-0.39, 0.29) is 5.41 Å². The Hall–Kier alpha value is -1.82. The Bertz CT molecular complexity index is 669. The molecule has 5 heteroatoms. The molecule has 27 heavy (non-hydrogen) atoms. The van der Waals surface area contributed by atoms with E-state index in [1.54, 1.807) is 6.26 Å². The molecule has 0 amide bonds. The van der Waals surface area contributed by atoms with Crippen LogP contribution >= 0.6 is 0 Å². The normalized spacial score (nSPS) is 17.8. The lowest BCUT2D eigenvalue weighted by atomic mass is 9.87. The second-order valence-corrected chi connectivity index (χ2v) is 8.40. The van der Waals surface area contributed by atoms with Crippen LogP contribution in [0.1, 0.15) is 32.1 Å². The molecule has 1 fully saturated rings. The molecule has 1 aromatic heterocycles. The first kappa shape index (κ1) is 19.9. The summed E-state index contributed by atoms with van der Waals surface area (Å²) in [5.74, 6) is 1.82. The molecule has 1 aliphatic heterocycles. The van der Waals surface area contributed by atoms with Gasteiger partial charge in [0.15, 0.2) is 0 Å². The maximum Gasteiger partial charge on any atom is 0.119 e. The van der Waals surface area contributed by atoms with Crippen molar-refractivity contribution in [2.75, 3.05) is 39.3 Å². The van der Waals surface area contributed by atoms with Gasteiger partial charge in [0.2, 0.25) is 0 Å². The van der Waals surface area contributed by atoms with E-state index in [4.69, 9.17) is 9.15 Å². The van der Waals surface area contributed by atoms with E-state index in [0.29, 0.717) is 13.2 Å². The molecular weight excluding hydrogens is 340 g/mol. The molecule has 0 radical (unpaired) electrons. The van der Waals surface area contributed by atoms with Gasteiger partial charge in [-0.2, -0.15) is 0 Å². The van der Waals surface area contributed by atoms with Crippen molar-refractivity contribution in [3.63, 3.8) is 0 Å². The number of aliphatic hydroxyl groups is 1. The van der Waals surface area contributed by atoms with Gasteiger partial charge in [0.05, 0.1) is 12.8 Å².